The molecule has 0 aromatic carbocycles. The molecule has 0 fully saturated rings. The Morgan fingerprint density at radius 1 is 0.159 bits per heavy atom. The second kappa shape index (κ2) is 40.4. The predicted molar refractivity (Wildman–Crippen MR) is 313 cm³/mol. The van der Waals surface area contributed by atoms with Gasteiger partial charge in [0.1, 0.15) is 0 Å². The molecule has 0 saturated carbocycles. The Morgan fingerprint density at radius 3 is 0.270 bits per heavy atom. The van der Waals surface area contributed by atoms with Gasteiger partial charge in [0.15, 0.2) is 0 Å². The van der Waals surface area contributed by atoms with Gasteiger partial charge in [-0.1, -0.05) is 397 Å². The van der Waals surface area contributed by atoms with Crippen molar-refractivity contribution in [3.05, 3.63) is 9.58 Å². The summed E-state index contributed by atoms with van der Waals surface area (Å²) in [5, 5.41) is 0. The maximum Gasteiger partial charge on any atom is 2.00 e. The molecule has 63 heavy (non-hydrogen) atoms. The van der Waals surface area contributed by atoms with Crippen LogP contribution >= 0.6 is 0 Å². The first-order valence-corrected chi connectivity index (χ1v) is 45.3. The SMILES string of the molecule is CCC[Si](CCC)(CCC)[C-]([Si](CCC)(CCC)CCC)[Si](CCC)(CCC)CCC.CCC[Si](CCC)(CCC)[C-]([Si](CCC)(CCC)CCC)[Si](CCC)(CCC)CCC.[Yb+2]. The van der Waals surface area contributed by atoms with E-state index in [0.29, 0.717) is 0 Å². The Labute approximate surface area is 449 Å². The van der Waals surface area contributed by atoms with Gasteiger partial charge in [-0.2, -0.15) is 0 Å². The largest absolute Gasteiger partial charge is 2.00 e. The summed E-state index contributed by atoms with van der Waals surface area (Å²) in [6, 6.07) is 29.3. The monoisotopic (exact) mass is 1140 g/mol. The summed E-state index contributed by atoms with van der Waals surface area (Å²) in [6.45, 7) is 45.4. The molecule has 0 spiro atoms. The van der Waals surface area contributed by atoms with Crippen molar-refractivity contribution in [3.63, 3.8) is 0 Å². The molecular weight excluding hydrogens is 1010 g/mol. The fourth-order valence-corrected chi connectivity index (χ4v) is 83.2. The molecule has 0 aliphatic carbocycles. The molecule has 0 bridgehead atoms. The van der Waals surface area contributed by atoms with Crippen molar-refractivity contribution in [1.29, 1.82) is 0 Å². The van der Waals surface area contributed by atoms with Crippen LogP contribution in [0.2, 0.25) is 109 Å². The summed E-state index contributed by atoms with van der Waals surface area (Å²) in [5.74, 6) is 0. The van der Waals surface area contributed by atoms with E-state index in [1.54, 1.807) is 109 Å². The Hall–Kier alpha value is 2.82. The van der Waals surface area contributed by atoms with Gasteiger partial charge in [-0.15, -0.1) is 0 Å². The molecule has 0 aromatic rings. The van der Waals surface area contributed by atoms with Gasteiger partial charge in [-0.25, -0.2) is 0 Å². The average Bonchev–Trinajstić information content (AvgIpc) is 3.20. The molecule has 7 heteroatoms. The fourth-order valence-electron chi connectivity index (χ4n) is 16.5. The van der Waals surface area contributed by atoms with Gasteiger partial charge in [-0.3, -0.25) is 0 Å². The van der Waals surface area contributed by atoms with Crippen molar-refractivity contribution in [1.82, 2.24) is 0 Å². The normalized spacial score (nSPS) is 13.1. The van der Waals surface area contributed by atoms with Gasteiger partial charge in [0.25, 0.3) is 0 Å². The molecule has 0 nitrogen and oxygen atoms in total. The standard InChI is InChI=1S/2C28H63Si3.Yb/c2*1-10-19-29(20-11-2,21-12-3)28(30(22-13-4,23-14-5)24-15-6)31(25-16-7,26-17-8)27-18-9;/h2*10-27H2,1-9H3;/q2*-1;+2. The molecule has 0 amide bonds. The van der Waals surface area contributed by atoms with Crippen molar-refractivity contribution in [2.24, 2.45) is 0 Å². The van der Waals surface area contributed by atoms with Crippen molar-refractivity contribution in [2.45, 2.75) is 349 Å². The Balaban J connectivity index is -0.00000112. The molecule has 0 saturated heterocycles. The van der Waals surface area contributed by atoms with Gasteiger partial charge in [-0.05, 0) is 0 Å². The summed E-state index contributed by atoms with van der Waals surface area (Å²) < 4.78 is 0. The van der Waals surface area contributed by atoms with E-state index in [4.69, 9.17) is 0 Å². The zero-order valence-electron chi connectivity index (χ0n) is 47.7. The maximum atomic E-state index is 2.54. The third kappa shape index (κ3) is 20.8. The summed E-state index contributed by atoms with van der Waals surface area (Å²) in [4.78, 5) is 5.07. The topological polar surface area (TPSA) is 0 Å². The minimum atomic E-state index is -1.38. The number of rotatable bonds is 42. The minimum absolute atomic E-state index is 0. The van der Waals surface area contributed by atoms with Crippen LogP contribution in [-0.2, 0) is 0 Å². The Kier molecular flexibility index (Phi) is 45.0. The van der Waals surface area contributed by atoms with Crippen LogP contribution in [0.3, 0.4) is 0 Å². The van der Waals surface area contributed by atoms with E-state index in [9.17, 15) is 0 Å². The van der Waals surface area contributed by atoms with E-state index in [0.717, 1.165) is 0 Å². The molecule has 0 aromatic heterocycles. The third-order valence-electron chi connectivity index (χ3n) is 16.3. The second-order valence-electron chi connectivity index (χ2n) is 21.9. The van der Waals surface area contributed by atoms with E-state index in [1.807, 2.05) is 0 Å². The third-order valence-corrected chi connectivity index (χ3v) is 68.0. The zero-order chi connectivity index (χ0) is 47.6. The summed E-state index contributed by atoms with van der Waals surface area (Å²) in [7, 11) is -8.27. The molecule has 0 heterocycles. The summed E-state index contributed by atoms with van der Waals surface area (Å²) in [6.07, 6.45) is 26.0. The summed E-state index contributed by atoms with van der Waals surface area (Å²) in [5.41, 5.74) is 0. The van der Waals surface area contributed by atoms with E-state index >= 15 is 0 Å². The average molecular weight is 1140 g/mol. The second-order valence-corrected chi connectivity index (χ2v) is 52.3. The van der Waals surface area contributed by atoms with Gasteiger partial charge < -0.3 is 9.58 Å². The molecule has 0 aliphatic rings. The van der Waals surface area contributed by atoms with Gasteiger partial charge in [0, 0.05) is 0 Å². The fraction of sp³-hybridized carbons (Fsp3) is 0.964. The molecule has 0 rings (SSSR count). The van der Waals surface area contributed by atoms with E-state index in [2.05, 4.69) is 134 Å². The van der Waals surface area contributed by atoms with E-state index in [1.165, 1.54) is 116 Å². The van der Waals surface area contributed by atoms with Gasteiger partial charge in [0.05, 0.1) is 0 Å². The Morgan fingerprint density at radius 2 is 0.222 bits per heavy atom. The van der Waals surface area contributed by atoms with Crippen LogP contribution < -0.4 is 0 Å². The molecule has 0 unspecified atom stereocenters. The van der Waals surface area contributed by atoms with Crippen molar-refractivity contribution in [2.75, 3.05) is 0 Å². The van der Waals surface area contributed by atoms with Crippen molar-refractivity contribution >= 4 is 48.4 Å². The van der Waals surface area contributed by atoms with E-state index in [-0.39, 0.29) is 46.9 Å². The first-order valence-electron chi connectivity index (χ1n) is 29.6. The van der Waals surface area contributed by atoms with Crippen LogP contribution in [0.25, 0.3) is 0 Å². The number of hydrogen-bond acceptors (Lipinski definition) is 0. The molecule has 0 atom stereocenters. The maximum absolute atomic E-state index is 2.54. The molecule has 0 N–H and O–H groups in total. The van der Waals surface area contributed by atoms with Gasteiger partial charge in [0.2, 0.25) is 0 Å². The Bertz CT molecular complexity index is 701. The zero-order valence-corrected chi connectivity index (χ0v) is 55.4. The summed E-state index contributed by atoms with van der Waals surface area (Å²) >= 11 is 0. The molecular formula is C56H126Si6Yb. The van der Waals surface area contributed by atoms with Crippen molar-refractivity contribution < 1.29 is 46.9 Å². The van der Waals surface area contributed by atoms with Crippen LogP contribution in [0.1, 0.15) is 240 Å². The van der Waals surface area contributed by atoms with Crippen molar-refractivity contribution in [3.8, 4) is 0 Å². The van der Waals surface area contributed by atoms with Crippen LogP contribution in [0.4, 0.5) is 0 Å². The van der Waals surface area contributed by atoms with Crippen LogP contribution in [0, 0.1) is 56.5 Å². The van der Waals surface area contributed by atoms with Crippen LogP contribution in [0.15, 0.2) is 0 Å². The first-order chi connectivity index (χ1) is 29.8. The minimum Gasteiger partial charge on any atom is -0.309 e. The predicted octanol–water partition coefficient (Wildman–Crippen LogP) is 22.4. The smallest absolute Gasteiger partial charge is 0.309 e. The van der Waals surface area contributed by atoms with Gasteiger partial charge >= 0.3 is 46.9 Å². The van der Waals surface area contributed by atoms with Crippen LogP contribution in [-0.4, -0.2) is 48.4 Å². The quantitative estimate of drug-likeness (QED) is 0.0422. The molecule has 388 valence electrons. The molecule has 0 aliphatic heterocycles. The first kappa shape index (κ1) is 70.1. The molecule has 0 radical (unpaired) electrons. The number of hydrogen-bond donors (Lipinski definition) is 0. The van der Waals surface area contributed by atoms with E-state index < -0.39 is 48.4 Å². The van der Waals surface area contributed by atoms with Crippen LogP contribution in [0.5, 0.6) is 0 Å².